The van der Waals surface area contributed by atoms with E-state index in [2.05, 4.69) is 31.3 Å². The summed E-state index contributed by atoms with van der Waals surface area (Å²) < 4.78 is 0. The number of benzene rings is 1. The predicted octanol–water partition coefficient (Wildman–Crippen LogP) is 2.53. The Morgan fingerprint density at radius 2 is 2.10 bits per heavy atom. The highest BCUT2D eigenvalue weighted by atomic mass is 16.2. The molecule has 0 radical (unpaired) electrons. The van der Waals surface area contributed by atoms with Gasteiger partial charge in [-0.15, -0.1) is 0 Å². The predicted molar refractivity (Wildman–Crippen MR) is 82.8 cm³/mol. The van der Waals surface area contributed by atoms with Crippen LogP contribution in [0.4, 0.5) is 0 Å². The van der Waals surface area contributed by atoms with Gasteiger partial charge in [0.2, 0.25) is 5.91 Å². The van der Waals surface area contributed by atoms with Crippen molar-refractivity contribution in [1.82, 2.24) is 10.2 Å². The zero-order valence-corrected chi connectivity index (χ0v) is 12.7. The zero-order valence-electron chi connectivity index (χ0n) is 12.7. The van der Waals surface area contributed by atoms with Gasteiger partial charge in [-0.25, -0.2) is 0 Å². The molecule has 2 rings (SSSR count). The van der Waals surface area contributed by atoms with Gasteiger partial charge in [0, 0.05) is 19.1 Å². The first-order chi connectivity index (χ1) is 9.69. The Kier molecular flexibility index (Phi) is 5.60. The number of amides is 1. The largest absolute Gasteiger partial charge is 0.342 e. The molecule has 3 heteroatoms. The van der Waals surface area contributed by atoms with Crippen molar-refractivity contribution in [3.8, 4) is 0 Å². The van der Waals surface area contributed by atoms with Crippen LogP contribution in [0.1, 0.15) is 37.3 Å². The molecule has 110 valence electrons. The van der Waals surface area contributed by atoms with Crippen LogP contribution in [-0.4, -0.2) is 36.5 Å². The van der Waals surface area contributed by atoms with Gasteiger partial charge in [0.1, 0.15) is 0 Å². The fourth-order valence-corrected chi connectivity index (χ4v) is 2.79. The van der Waals surface area contributed by atoms with Crippen LogP contribution >= 0.6 is 0 Å². The first-order valence-electron chi connectivity index (χ1n) is 7.75. The van der Waals surface area contributed by atoms with Gasteiger partial charge in [0.05, 0.1) is 6.42 Å². The minimum atomic E-state index is 0.268. The van der Waals surface area contributed by atoms with E-state index in [1.807, 2.05) is 17.0 Å². The van der Waals surface area contributed by atoms with E-state index in [0.717, 1.165) is 38.0 Å². The lowest BCUT2D eigenvalue weighted by atomic mass is 10.0. The molecule has 0 aromatic heterocycles. The summed E-state index contributed by atoms with van der Waals surface area (Å²) in [5, 5.41) is 3.55. The number of nitrogens with zero attached hydrogens (tertiary/aromatic N) is 1. The molecule has 1 aromatic carbocycles. The lowest BCUT2D eigenvalue weighted by molar-refractivity contribution is -0.131. The zero-order chi connectivity index (χ0) is 14.4. The maximum absolute atomic E-state index is 12.3. The summed E-state index contributed by atoms with van der Waals surface area (Å²) in [5.41, 5.74) is 2.35. The number of hydrogen-bond acceptors (Lipinski definition) is 2. The Hall–Kier alpha value is -1.35. The smallest absolute Gasteiger partial charge is 0.226 e. The summed E-state index contributed by atoms with van der Waals surface area (Å²) in [6.45, 7) is 7.13. The van der Waals surface area contributed by atoms with Gasteiger partial charge in [-0.1, -0.05) is 36.8 Å². The van der Waals surface area contributed by atoms with E-state index >= 15 is 0 Å². The Balaban J connectivity index is 1.80. The van der Waals surface area contributed by atoms with Crippen molar-refractivity contribution in [3.63, 3.8) is 0 Å². The monoisotopic (exact) mass is 274 g/mol. The quantitative estimate of drug-likeness (QED) is 0.895. The van der Waals surface area contributed by atoms with E-state index in [1.165, 1.54) is 12.0 Å². The molecule has 0 unspecified atom stereocenters. The maximum atomic E-state index is 12.3. The molecule has 1 amide bonds. The second-order valence-corrected chi connectivity index (χ2v) is 5.78. The highest BCUT2D eigenvalue weighted by molar-refractivity contribution is 5.78. The first kappa shape index (κ1) is 15.0. The lowest BCUT2D eigenvalue weighted by Crippen LogP contribution is -2.45. The number of piperidine rings is 1. The number of likely N-dealkylation sites (tertiary alicyclic amines) is 1. The fourth-order valence-electron chi connectivity index (χ4n) is 2.79. The molecule has 1 N–H and O–H groups in total. The summed E-state index contributed by atoms with van der Waals surface area (Å²) >= 11 is 0. The van der Waals surface area contributed by atoms with Crippen molar-refractivity contribution >= 4 is 5.91 Å². The van der Waals surface area contributed by atoms with E-state index in [1.54, 1.807) is 0 Å². The van der Waals surface area contributed by atoms with Gasteiger partial charge in [0.15, 0.2) is 0 Å². The highest BCUT2D eigenvalue weighted by Gasteiger charge is 2.22. The summed E-state index contributed by atoms with van der Waals surface area (Å²) in [4.78, 5) is 14.3. The molecule has 0 bridgehead atoms. The molecular weight excluding hydrogens is 248 g/mol. The van der Waals surface area contributed by atoms with Crippen LogP contribution in [0.15, 0.2) is 24.3 Å². The van der Waals surface area contributed by atoms with E-state index in [0.29, 0.717) is 12.5 Å². The minimum absolute atomic E-state index is 0.268. The summed E-state index contributed by atoms with van der Waals surface area (Å²) in [6, 6.07) is 8.84. The average Bonchev–Trinajstić information content (AvgIpc) is 2.45. The first-order valence-corrected chi connectivity index (χ1v) is 7.75. The molecular formula is C17H26N2O. The molecule has 1 fully saturated rings. The molecule has 0 spiro atoms. The molecule has 1 aliphatic heterocycles. The van der Waals surface area contributed by atoms with Crippen molar-refractivity contribution in [1.29, 1.82) is 0 Å². The second-order valence-electron chi connectivity index (χ2n) is 5.78. The standard InChI is InChI=1S/C17H26N2O/c1-3-9-18-16-7-10-19(11-8-16)17(20)13-15-6-4-5-14(2)12-15/h4-6,12,16,18H,3,7-11,13H2,1-2H3. The Morgan fingerprint density at radius 3 is 2.75 bits per heavy atom. The Morgan fingerprint density at radius 1 is 1.35 bits per heavy atom. The van der Waals surface area contributed by atoms with Crippen molar-refractivity contribution in [3.05, 3.63) is 35.4 Å². The SMILES string of the molecule is CCCNC1CCN(C(=O)Cc2cccc(C)c2)CC1. The Labute approximate surface area is 122 Å². The third-order valence-corrected chi connectivity index (χ3v) is 3.97. The molecule has 1 heterocycles. The molecule has 20 heavy (non-hydrogen) atoms. The Bertz CT molecular complexity index is 436. The van der Waals surface area contributed by atoms with Crippen molar-refractivity contribution in [2.45, 2.75) is 45.6 Å². The summed E-state index contributed by atoms with van der Waals surface area (Å²) in [7, 11) is 0. The van der Waals surface area contributed by atoms with Crippen LogP contribution in [0.5, 0.6) is 0 Å². The van der Waals surface area contributed by atoms with Crippen molar-refractivity contribution in [2.24, 2.45) is 0 Å². The number of aryl methyl sites for hydroxylation is 1. The number of hydrogen-bond donors (Lipinski definition) is 1. The van der Waals surface area contributed by atoms with Gasteiger partial charge in [-0.05, 0) is 38.3 Å². The molecule has 1 aromatic rings. The van der Waals surface area contributed by atoms with E-state index < -0.39 is 0 Å². The number of carbonyl (C=O) groups excluding carboxylic acids is 1. The highest BCUT2D eigenvalue weighted by Crippen LogP contribution is 2.13. The third kappa shape index (κ3) is 4.34. The van der Waals surface area contributed by atoms with Crippen LogP contribution in [0.2, 0.25) is 0 Å². The van der Waals surface area contributed by atoms with Crippen molar-refractivity contribution < 1.29 is 4.79 Å². The second kappa shape index (κ2) is 7.44. The maximum Gasteiger partial charge on any atom is 0.226 e. The normalized spacial score (nSPS) is 16.4. The van der Waals surface area contributed by atoms with Gasteiger partial charge in [-0.2, -0.15) is 0 Å². The lowest BCUT2D eigenvalue weighted by Gasteiger charge is -2.32. The summed E-state index contributed by atoms with van der Waals surface area (Å²) in [5.74, 6) is 0.268. The van der Waals surface area contributed by atoms with Gasteiger partial charge in [0.25, 0.3) is 0 Å². The number of nitrogens with one attached hydrogen (secondary N) is 1. The topological polar surface area (TPSA) is 32.3 Å². The minimum Gasteiger partial charge on any atom is -0.342 e. The van der Waals surface area contributed by atoms with Crippen LogP contribution in [0.25, 0.3) is 0 Å². The van der Waals surface area contributed by atoms with Crippen molar-refractivity contribution in [2.75, 3.05) is 19.6 Å². The molecule has 1 aliphatic rings. The van der Waals surface area contributed by atoms with E-state index in [-0.39, 0.29) is 5.91 Å². The molecule has 0 aliphatic carbocycles. The number of rotatable bonds is 5. The van der Waals surface area contributed by atoms with Crippen LogP contribution < -0.4 is 5.32 Å². The summed E-state index contributed by atoms with van der Waals surface area (Å²) in [6.07, 6.45) is 3.88. The third-order valence-electron chi connectivity index (χ3n) is 3.97. The molecule has 0 atom stereocenters. The number of carbonyl (C=O) groups is 1. The fraction of sp³-hybridized carbons (Fsp3) is 0.588. The molecule has 3 nitrogen and oxygen atoms in total. The van der Waals surface area contributed by atoms with Crippen LogP contribution in [-0.2, 0) is 11.2 Å². The average molecular weight is 274 g/mol. The van der Waals surface area contributed by atoms with Crippen LogP contribution in [0.3, 0.4) is 0 Å². The van der Waals surface area contributed by atoms with Gasteiger partial charge < -0.3 is 10.2 Å². The molecule has 1 saturated heterocycles. The molecule has 0 saturated carbocycles. The van der Waals surface area contributed by atoms with E-state index in [4.69, 9.17) is 0 Å². The van der Waals surface area contributed by atoms with Gasteiger partial charge in [-0.3, -0.25) is 4.79 Å². The van der Waals surface area contributed by atoms with Gasteiger partial charge >= 0.3 is 0 Å². The van der Waals surface area contributed by atoms with Crippen LogP contribution in [0, 0.1) is 6.92 Å². The van der Waals surface area contributed by atoms with E-state index in [9.17, 15) is 4.79 Å².